The molecule has 17 heavy (non-hydrogen) atoms. The van der Waals surface area contributed by atoms with Crippen LogP contribution in [0.15, 0.2) is 12.1 Å². The summed E-state index contributed by atoms with van der Waals surface area (Å²) in [7, 11) is 0. The summed E-state index contributed by atoms with van der Waals surface area (Å²) >= 11 is 5.82. The first kappa shape index (κ1) is 13.1. The summed E-state index contributed by atoms with van der Waals surface area (Å²) < 4.78 is 0. The van der Waals surface area contributed by atoms with Crippen molar-refractivity contribution in [2.45, 2.75) is 13.3 Å². The number of nitrogens with zero attached hydrogens (tertiary/aromatic N) is 2. The van der Waals surface area contributed by atoms with Crippen LogP contribution in [0.25, 0.3) is 6.08 Å². The minimum absolute atomic E-state index is 0.0397. The highest BCUT2D eigenvalue weighted by molar-refractivity contribution is 6.30. The Morgan fingerprint density at radius 1 is 1.71 bits per heavy atom. The molecule has 0 aliphatic heterocycles. The number of halogens is 1. The Kier molecular flexibility index (Phi) is 4.17. The van der Waals surface area contributed by atoms with Crippen molar-refractivity contribution in [3.63, 3.8) is 0 Å². The molecule has 1 heterocycles. The van der Waals surface area contributed by atoms with Crippen molar-refractivity contribution in [2.24, 2.45) is 5.73 Å². The van der Waals surface area contributed by atoms with Crippen LogP contribution < -0.4 is 5.73 Å². The molecule has 6 nitrogen and oxygen atoms in total. The topological polar surface area (TPSA) is 99.1 Å². The third-order valence-corrected chi connectivity index (χ3v) is 2.28. The SMILES string of the molecule is Cc1nc(Cl)c(C=CCC(N)=O)cc1[N+](=O)[O-]. The zero-order chi connectivity index (χ0) is 13.0. The largest absolute Gasteiger partial charge is 0.369 e. The highest BCUT2D eigenvalue weighted by Gasteiger charge is 2.14. The molecule has 0 unspecified atom stereocenters. The molecule has 1 rings (SSSR count). The van der Waals surface area contributed by atoms with E-state index in [-0.39, 0.29) is 23.0 Å². The maximum absolute atomic E-state index is 10.7. The van der Waals surface area contributed by atoms with Gasteiger partial charge in [0.15, 0.2) is 0 Å². The first-order valence-electron chi connectivity index (χ1n) is 4.68. The number of pyridine rings is 1. The van der Waals surface area contributed by atoms with E-state index in [0.29, 0.717) is 5.56 Å². The van der Waals surface area contributed by atoms with E-state index >= 15 is 0 Å². The van der Waals surface area contributed by atoms with Crippen molar-refractivity contribution in [1.82, 2.24) is 4.98 Å². The molecule has 0 fully saturated rings. The van der Waals surface area contributed by atoms with Crippen LogP contribution in [0.1, 0.15) is 17.7 Å². The van der Waals surface area contributed by atoms with Gasteiger partial charge in [0.2, 0.25) is 5.91 Å². The zero-order valence-electron chi connectivity index (χ0n) is 9.01. The lowest BCUT2D eigenvalue weighted by Crippen LogP contribution is -2.07. The second kappa shape index (κ2) is 5.40. The van der Waals surface area contributed by atoms with Gasteiger partial charge in [-0.2, -0.15) is 0 Å². The van der Waals surface area contributed by atoms with E-state index in [1.807, 2.05) is 0 Å². The smallest absolute Gasteiger partial charge is 0.291 e. The fourth-order valence-corrected chi connectivity index (χ4v) is 1.43. The predicted octanol–water partition coefficient (Wildman–Crippen LogP) is 1.84. The Balaban J connectivity index is 3.07. The average Bonchev–Trinajstić information content (AvgIpc) is 2.20. The van der Waals surface area contributed by atoms with Crippen molar-refractivity contribution >= 4 is 29.3 Å². The standard InChI is InChI=1S/C10H10ClN3O3/c1-6-8(14(16)17)5-7(10(11)13-6)3-2-4-9(12)15/h2-3,5H,4H2,1H3,(H2,12,15). The lowest BCUT2D eigenvalue weighted by atomic mass is 10.2. The van der Waals surface area contributed by atoms with E-state index in [0.717, 1.165) is 0 Å². The van der Waals surface area contributed by atoms with Crippen molar-refractivity contribution < 1.29 is 9.72 Å². The van der Waals surface area contributed by atoms with Crippen LogP contribution in [0.2, 0.25) is 5.15 Å². The lowest BCUT2D eigenvalue weighted by Gasteiger charge is -2.01. The molecule has 0 aromatic carbocycles. The molecular weight excluding hydrogens is 246 g/mol. The van der Waals surface area contributed by atoms with Crippen LogP contribution in [0.4, 0.5) is 5.69 Å². The van der Waals surface area contributed by atoms with E-state index in [2.05, 4.69) is 4.98 Å². The molecule has 0 saturated heterocycles. The fraction of sp³-hybridized carbons (Fsp3) is 0.200. The van der Waals surface area contributed by atoms with Crippen LogP contribution in [0, 0.1) is 17.0 Å². The molecule has 1 amide bonds. The molecule has 0 saturated carbocycles. The van der Waals surface area contributed by atoms with Gasteiger partial charge in [0.05, 0.1) is 4.92 Å². The van der Waals surface area contributed by atoms with Crippen LogP contribution in [-0.4, -0.2) is 15.8 Å². The monoisotopic (exact) mass is 255 g/mol. The number of primary amides is 1. The summed E-state index contributed by atoms with van der Waals surface area (Å²) in [5.74, 6) is -0.494. The molecule has 0 radical (unpaired) electrons. The molecule has 90 valence electrons. The quantitative estimate of drug-likeness (QED) is 0.504. The van der Waals surface area contributed by atoms with Crippen molar-refractivity contribution in [2.75, 3.05) is 0 Å². The zero-order valence-corrected chi connectivity index (χ0v) is 9.77. The second-order valence-electron chi connectivity index (χ2n) is 3.30. The Morgan fingerprint density at radius 3 is 2.88 bits per heavy atom. The van der Waals surface area contributed by atoms with Gasteiger partial charge in [-0.25, -0.2) is 4.98 Å². The van der Waals surface area contributed by atoms with Crippen molar-refractivity contribution in [3.8, 4) is 0 Å². The van der Waals surface area contributed by atoms with Gasteiger partial charge in [-0.05, 0) is 6.92 Å². The number of amides is 1. The summed E-state index contributed by atoms with van der Waals surface area (Å²) in [6, 6.07) is 1.31. The summed E-state index contributed by atoms with van der Waals surface area (Å²) in [5.41, 5.74) is 5.45. The van der Waals surface area contributed by atoms with Gasteiger partial charge in [-0.3, -0.25) is 14.9 Å². The molecule has 1 aromatic rings. The Morgan fingerprint density at radius 2 is 2.35 bits per heavy atom. The molecule has 0 aliphatic rings. The van der Waals surface area contributed by atoms with E-state index < -0.39 is 10.8 Å². The lowest BCUT2D eigenvalue weighted by molar-refractivity contribution is -0.385. The fourth-order valence-electron chi connectivity index (χ4n) is 1.18. The van der Waals surface area contributed by atoms with Gasteiger partial charge >= 0.3 is 0 Å². The van der Waals surface area contributed by atoms with Crippen molar-refractivity contribution in [1.29, 1.82) is 0 Å². The Hall–Kier alpha value is -1.95. The van der Waals surface area contributed by atoms with Gasteiger partial charge in [-0.15, -0.1) is 0 Å². The number of rotatable bonds is 4. The van der Waals surface area contributed by atoms with E-state index in [9.17, 15) is 14.9 Å². The predicted molar refractivity (Wildman–Crippen MR) is 63.5 cm³/mol. The van der Waals surface area contributed by atoms with Crippen LogP contribution in [0.5, 0.6) is 0 Å². The van der Waals surface area contributed by atoms with Gasteiger partial charge in [0.25, 0.3) is 5.69 Å². The third-order valence-electron chi connectivity index (χ3n) is 1.98. The molecule has 0 atom stereocenters. The summed E-state index contributed by atoms with van der Waals surface area (Å²) in [5, 5.41) is 10.8. The molecular formula is C10H10ClN3O3. The second-order valence-corrected chi connectivity index (χ2v) is 3.66. The van der Waals surface area contributed by atoms with Gasteiger partial charge < -0.3 is 5.73 Å². The molecule has 7 heteroatoms. The minimum atomic E-state index is -0.538. The number of hydrogen-bond donors (Lipinski definition) is 1. The molecule has 1 aromatic heterocycles. The minimum Gasteiger partial charge on any atom is -0.369 e. The molecule has 0 aliphatic carbocycles. The van der Waals surface area contributed by atoms with Crippen LogP contribution in [-0.2, 0) is 4.79 Å². The number of aromatic nitrogens is 1. The molecule has 0 bridgehead atoms. The van der Waals surface area contributed by atoms with Gasteiger partial charge in [0.1, 0.15) is 10.8 Å². The number of aryl methyl sites for hydroxylation is 1. The number of nitro groups is 1. The highest BCUT2D eigenvalue weighted by atomic mass is 35.5. The van der Waals surface area contributed by atoms with Crippen molar-refractivity contribution in [3.05, 3.63) is 38.7 Å². The molecule has 0 spiro atoms. The first-order valence-corrected chi connectivity index (χ1v) is 5.06. The summed E-state index contributed by atoms with van der Waals surface area (Å²) in [6.07, 6.45) is 2.99. The van der Waals surface area contributed by atoms with Crippen LogP contribution >= 0.6 is 11.6 Å². The number of carbonyl (C=O) groups is 1. The highest BCUT2D eigenvalue weighted by Crippen LogP contribution is 2.24. The van der Waals surface area contributed by atoms with Gasteiger partial charge in [-0.1, -0.05) is 23.8 Å². The number of carbonyl (C=O) groups excluding carboxylic acids is 1. The van der Waals surface area contributed by atoms with E-state index in [4.69, 9.17) is 17.3 Å². The third kappa shape index (κ3) is 3.53. The maximum atomic E-state index is 10.7. The normalized spacial score (nSPS) is 10.7. The first-order chi connectivity index (χ1) is 7.91. The van der Waals surface area contributed by atoms with E-state index in [1.165, 1.54) is 25.1 Å². The van der Waals surface area contributed by atoms with E-state index in [1.54, 1.807) is 0 Å². The maximum Gasteiger partial charge on any atom is 0.291 e. The summed E-state index contributed by atoms with van der Waals surface area (Å²) in [4.78, 5) is 24.5. The Labute approximate surface area is 102 Å². The molecule has 2 N–H and O–H groups in total. The van der Waals surface area contributed by atoms with Gasteiger partial charge in [0, 0.05) is 18.1 Å². The summed E-state index contributed by atoms with van der Waals surface area (Å²) in [6.45, 7) is 1.50. The Bertz CT molecular complexity index is 500. The van der Waals surface area contributed by atoms with Crippen LogP contribution in [0.3, 0.4) is 0 Å². The number of hydrogen-bond acceptors (Lipinski definition) is 4. The number of nitrogens with two attached hydrogens (primary N) is 1. The average molecular weight is 256 g/mol.